The van der Waals surface area contributed by atoms with Crippen molar-refractivity contribution in [1.82, 2.24) is 20.9 Å². The van der Waals surface area contributed by atoms with Crippen LogP contribution in [0.5, 0.6) is 0 Å². The Morgan fingerprint density at radius 3 is 2.57 bits per heavy atom. The van der Waals surface area contributed by atoms with Crippen LogP contribution in [0.1, 0.15) is 0 Å². The Kier molecular flexibility index (Phi) is 5.80. The molecule has 0 spiro atoms. The smallest absolute Gasteiger partial charge is 0.366 e. The molecule has 6 nitrogen and oxygen atoms in total. The van der Waals surface area contributed by atoms with Crippen molar-refractivity contribution in [3.05, 3.63) is 0 Å². The first-order chi connectivity index (χ1) is 9.98. The van der Waals surface area contributed by atoms with Crippen molar-refractivity contribution in [2.75, 3.05) is 52.4 Å². The highest BCUT2D eigenvalue weighted by Gasteiger charge is 2.44. The Morgan fingerprint density at radius 2 is 2.00 bits per heavy atom. The van der Waals surface area contributed by atoms with Crippen LogP contribution in [0.25, 0.3) is 0 Å². The Bertz CT molecular complexity index is 342. The van der Waals surface area contributed by atoms with Gasteiger partial charge in [-0.05, 0) is 0 Å². The molecule has 0 bridgehead atoms. The van der Waals surface area contributed by atoms with Crippen molar-refractivity contribution < 1.29 is 22.7 Å². The summed E-state index contributed by atoms with van der Waals surface area (Å²) < 4.78 is 44.6. The number of piperazine rings is 1. The number of nitrogens with zero attached hydrogens (tertiary/aromatic N) is 1. The first-order valence-corrected chi connectivity index (χ1v) is 7.10. The van der Waals surface area contributed by atoms with Crippen LogP contribution in [0.3, 0.4) is 0 Å². The second kappa shape index (κ2) is 7.39. The van der Waals surface area contributed by atoms with Crippen molar-refractivity contribution in [3.8, 4) is 0 Å². The van der Waals surface area contributed by atoms with E-state index in [1.165, 1.54) is 4.90 Å². The highest BCUT2D eigenvalue weighted by molar-refractivity contribution is 5.81. The summed E-state index contributed by atoms with van der Waals surface area (Å²) in [7, 11) is 0. The average Bonchev–Trinajstić information content (AvgIpc) is 2.48. The fourth-order valence-electron chi connectivity index (χ4n) is 2.49. The summed E-state index contributed by atoms with van der Waals surface area (Å²) >= 11 is 0. The number of nitrogens with one attached hydrogen (secondary N) is 3. The molecule has 0 aromatic rings. The van der Waals surface area contributed by atoms with Gasteiger partial charge in [0.2, 0.25) is 0 Å². The molecule has 0 aromatic heterocycles. The van der Waals surface area contributed by atoms with E-state index < -0.39 is 30.8 Å². The maximum atomic E-state index is 13.1. The zero-order valence-electron chi connectivity index (χ0n) is 11.7. The van der Waals surface area contributed by atoms with Gasteiger partial charge in [-0.25, -0.2) is 0 Å². The van der Waals surface area contributed by atoms with E-state index in [4.69, 9.17) is 4.74 Å². The van der Waals surface area contributed by atoms with Gasteiger partial charge >= 0.3 is 6.18 Å². The van der Waals surface area contributed by atoms with Crippen LogP contribution in [0.15, 0.2) is 0 Å². The number of hydrogen-bond acceptors (Lipinski definition) is 5. The molecular formula is C12H21F3N4O2. The molecule has 3 N–H and O–H groups in total. The van der Waals surface area contributed by atoms with Crippen LogP contribution in [0.4, 0.5) is 13.2 Å². The number of ether oxygens (including phenoxy) is 1. The molecule has 2 heterocycles. The van der Waals surface area contributed by atoms with Gasteiger partial charge in [0.05, 0.1) is 6.61 Å². The Balaban J connectivity index is 1.87. The van der Waals surface area contributed by atoms with Gasteiger partial charge in [0.25, 0.3) is 5.91 Å². The minimum atomic E-state index is -4.36. The van der Waals surface area contributed by atoms with Crippen molar-refractivity contribution >= 4 is 5.91 Å². The molecule has 2 fully saturated rings. The molecule has 1 unspecified atom stereocenters. The van der Waals surface area contributed by atoms with Crippen LogP contribution in [0, 0.1) is 0 Å². The third-order valence-electron chi connectivity index (χ3n) is 3.66. The molecule has 2 aliphatic heterocycles. The lowest BCUT2D eigenvalue weighted by atomic mass is 10.2. The number of amides is 1. The highest BCUT2D eigenvalue weighted by Crippen LogP contribution is 2.24. The SMILES string of the molecule is O=C(NCC(N1CCNCC1)C(F)(F)F)[C@H]1CNCCO1. The standard InChI is InChI=1S/C12H21F3N4O2/c13-12(14,15)10(19-4-1-16-2-5-19)8-18-11(20)9-7-17-3-6-21-9/h9-10,16-17H,1-8H2,(H,18,20)/t9-,10?/m1/s1. The van der Waals surface area contributed by atoms with Gasteiger partial charge in [-0.2, -0.15) is 13.2 Å². The average molecular weight is 310 g/mol. The van der Waals surface area contributed by atoms with Crippen LogP contribution >= 0.6 is 0 Å². The van der Waals surface area contributed by atoms with E-state index in [2.05, 4.69) is 16.0 Å². The van der Waals surface area contributed by atoms with E-state index in [0.29, 0.717) is 45.9 Å². The molecular weight excluding hydrogens is 289 g/mol. The van der Waals surface area contributed by atoms with Gasteiger partial charge in [0, 0.05) is 45.8 Å². The first-order valence-electron chi connectivity index (χ1n) is 7.10. The van der Waals surface area contributed by atoms with Crippen LogP contribution in [-0.2, 0) is 9.53 Å². The normalized spacial score (nSPS) is 26.3. The second-order valence-electron chi connectivity index (χ2n) is 5.15. The van der Waals surface area contributed by atoms with E-state index in [1.807, 2.05) is 0 Å². The molecule has 21 heavy (non-hydrogen) atoms. The van der Waals surface area contributed by atoms with E-state index in [0.717, 1.165) is 0 Å². The summed E-state index contributed by atoms with van der Waals surface area (Å²) in [5, 5.41) is 8.35. The molecule has 0 radical (unpaired) electrons. The van der Waals surface area contributed by atoms with E-state index in [9.17, 15) is 18.0 Å². The minimum absolute atomic E-state index is 0.321. The van der Waals surface area contributed by atoms with Gasteiger partial charge in [-0.15, -0.1) is 0 Å². The number of carbonyl (C=O) groups excluding carboxylic acids is 1. The predicted octanol–water partition coefficient (Wildman–Crippen LogP) is -1.07. The number of halogens is 3. The van der Waals surface area contributed by atoms with E-state index >= 15 is 0 Å². The third kappa shape index (κ3) is 4.80. The largest absolute Gasteiger partial charge is 0.405 e. The van der Waals surface area contributed by atoms with Gasteiger partial charge in [0.1, 0.15) is 12.1 Å². The van der Waals surface area contributed by atoms with Crippen LogP contribution in [0.2, 0.25) is 0 Å². The molecule has 0 aromatic carbocycles. The summed E-state index contributed by atoms with van der Waals surface area (Å²) in [5.74, 6) is -0.494. The van der Waals surface area contributed by atoms with Crippen molar-refractivity contribution in [1.29, 1.82) is 0 Å². The number of rotatable bonds is 4. The highest BCUT2D eigenvalue weighted by atomic mass is 19.4. The van der Waals surface area contributed by atoms with Gasteiger partial charge in [-0.1, -0.05) is 0 Å². The number of morpholine rings is 1. The summed E-state index contributed by atoms with van der Waals surface area (Å²) in [4.78, 5) is 13.2. The Hall–Kier alpha value is -0.900. The molecule has 2 rings (SSSR count). The summed E-state index contributed by atoms with van der Waals surface area (Å²) in [6, 6.07) is -1.65. The van der Waals surface area contributed by atoms with Gasteiger partial charge < -0.3 is 20.7 Å². The molecule has 9 heteroatoms. The lowest BCUT2D eigenvalue weighted by Gasteiger charge is -2.36. The van der Waals surface area contributed by atoms with Crippen molar-refractivity contribution in [3.63, 3.8) is 0 Å². The topological polar surface area (TPSA) is 65.6 Å². The molecule has 2 aliphatic rings. The molecule has 0 aliphatic carbocycles. The maximum Gasteiger partial charge on any atom is 0.405 e. The lowest BCUT2D eigenvalue weighted by Crippen LogP contribution is -2.58. The number of hydrogen-bond donors (Lipinski definition) is 3. The zero-order valence-corrected chi connectivity index (χ0v) is 11.7. The minimum Gasteiger partial charge on any atom is -0.366 e. The predicted molar refractivity (Wildman–Crippen MR) is 69.9 cm³/mol. The fraction of sp³-hybridized carbons (Fsp3) is 0.917. The first kappa shape index (κ1) is 16.5. The summed E-state index contributed by atoms with van der Waals surface area (Å²) in [6.45, 7) is 2.61. The summed E-state index contributed by atoms with van der Waals surface area (Å²) in [5.41, 5.74) is 0. The molecule has 2 saturated heterocycles. The van der Waals surface area contributed by atoms with Crippen LogP contribution < -0.4 is 16.0 Å². The zero-order chi connectivity index (χ0) is 15.3. The second-order valence-corrected chi connectivity index (χ2v) is 5.15. The molecule has 2 atom stereocenters. The van der Waals surface area contributed by atoms with Gasteiger partial charge in [0.15, 0.2) is 0 Å². The Morgan fingerprint density at radius 1 is 1.29 bits per heavy atom. The Labute approximate surface area is 121 Å². The fourth-order valence-corrected chi connectivity index (χ4v) is 2.49. The summed E-state index contributed by atoms with van der Waals surface area (Å²) in [6.07, 6.45) is -5.08. The quantitative estimate of drug-likeness (QED) is 0.617. The van der Waals surface area contributed by atoms with Crippen LogP contribution in [-0.4, -0.2) is 81.5 Å². The van der Waals surface area contributed by atoms with Crippen molar-refractivity contribution in [2.24, 2.45) is 0 Å². The van der Waals surface area contributed by atoms with Crippen molar-refractivity contribution in [2.45, 2.75) is 18.3 Å². The van der Waals surface area contributed by atoms with E-state index in [1.54, 1.807) is 0 Å². The molecule has 122 valence electrons. The lowest BCUT2D eigenvalue weighted by molar-refractivity contribution is -0.184. The molecule has 0 saturated carbocycles. The number of carbonyl (C=O) groups is 1. The number of alkyl halides is 3. The third-order valence-corrected chi connectivity index (χ3v) is 3.66. The monoisotopic (exact) mass is 310 g/mol. The maximum absolute atomic E-state index is 13.1. The van der Waals surface area contributed by atoms with Gasteiger partial charge in [-0.3, -0.25) is 9.69 Å². The van der Waals surface area contributed by atoms with E-state index in [-0.39, 0.29) is 0 Å². The molecule has 1 amide bonds.